The maximum Gasteiger partial charge on any atom is 0.143 e. The molecule has 0 spiro atoms. The van der Waals surface area contributed by atoms with E-state index in [1.807, 2.05) is 0 Å². The molecular formula is C10H18N2S3. The molecule has 0 amide bonds. The van der Waals surface area contributed by atoms with Crippen molar-refractivity contribution in [3.63, 3.8) is 0 Å². The van der Waals surface area contributed by atoms with Crippen LogP contribution in [0.1, 0.15) is 33.1 Å². The van der Waals surface area contributed by atoms with Gasteiger partial charge < -0.3 is 10.0 Å². The molecule has 0 aromatic heterocycles. The van der Waals surface area contributed by atoms with Gasteiger partial charge in [-0.15, -0.1) is 0 Å². The Morgan fingerprint density at radius 2 is 2.00 bits per heavy atom. The minimum absolute atomic E-state index is 0.588. The average molecular weight is 262 g/mol. The Kier molecular flexibility index (Phi) is 5.86. The highest BCUT2D eigenvalue weighted by Crippen LogP contribution is 2.29. The zero-order valence-electron chi connectivity index (χ0n) is 9.21. The van der Waals surface area contributed by atoms with Crippen molar-refractivity contribution in [1.82, 2.24) is 10.0 Å². The molecule has 0 aliphatic heterocycles. The van der Waals surface area contributed by atoms with E-state index in [2.05, 4.69) is 23.9 Å². The molecule has 0 atom stereocenters. The van der Waals surface area contributed by atoms with Crippen LogP contribution in [0.2, 0.25) is 0 Å². The second-order valence-corrected chi connectivity index (χ2v) is 6.13. The van der Waals surface area contributed by atoms with Gasteiger partial charge in [0.15, 0.2) is 0 Å². The molecule has 2 nitrogen and oxygen atoms in total. The Labute approximate surface area is 107 Å². The Morgan fingerprint density at radius 1 is 1.33 bits per heavy atom. The fourth-order valence-corrected chi connectivity index (χ4v) is 2.41. The maximum absolute atomic E-state index is 5.18. The zero-order chi connectivity index (χ0) is 11.3. The number of nitrogens with one attached hydrogen (secondary N) is 2. The van der Waals surface area contributed by atoms with E-state index >= 15 is 0 Å². The summed E-state index contributed by atoms with van der Waals surface area (Å²) in [6.07, 6.45) is 3.95. The van der Waals surface area contributed by atoms with Gasteiger partial charge in [0.2, 0.25) is 0 Å². The monoisotopic (exact) mass is 262 g/mol. The Bertz CT molecular complexity index is 237. The molecule has 0 aromatic rings. The molecule has 1 rings (SSSR count). The van der Waals surface area contributed by atoms with Crippen LogP contribution in [0.4, 0.5) is 0 Å². The molecule has 1 fully saturated rings. The van der Waals surface area contributed by atoms with Crippen molar-refractivity contribution in [2.45, 2.75) is 38.4 Å². The minimum atomic E-state index is 0.588. The van der Waals surface area contributed by atoms with Gasteiger partial charge in [0.25, 0.3) is 0 Å². The van der Waals surface area contributed by atoms with Crippen molar-refractivity contribution in [1.29, 1.82) is 0 Å². The van der Waals surface area contributed by atoms with Gasteiger partial charge in [0, 0.05) is 11.8 Å². The van der Waals surface area contributed by atoms with E-state index in [0.717, 1.165) is 11.8 Å². The van der Waals surface area contributed by atoms with Crippen LogP contribution in [0.25, 0.3) is 0 Å². The molecular weight excluding hydrogens is 244 g/mol. The first-order valence-corrected chi connectivity index (χ1v) is 7.03. The van der Waals surface area contributed by atoms with Crippen molar-refractivity contribution >= 4 is 46.4 Å². The van der Waals surface area contributed by atoms with Crippen LogP contribution in [0.15, 0.2) is 0 Å². The highest BCUT2D eigenvalue weighted by Gasteiger charge is 2.18. The van der Waals surface area contributed by atoms with Crippen molar-refractivity contribution in [3.05, 3.63) is 0 Å². The molecule has 0 radical (unpaired) electrons. The lowest BCUT2D eigenvalue weighted by Gasteiger charge is -2.24. The first-order valence-electron chi connectivity index (χ1n) is 5.33. The standard InChI is InChI=1S/C10H18N2S3/c1-7(2)6-11-9(13)10(14)12-15-8-4-3-5-8/h7-8H,3-6H2,1-2H3,(H,11,13)(H,12,14). The summed E-state index contributed by atoms with van der Waals surface area (Å²) in [5.41, 5.74) is 0. The van der Waals surface area contributed by atoms with E-state index in [1.165, 1.54) is 19.3 Å². The smallest absolute Gasteiger partial charge is 0.143 e. The molecule has 1 saturated carbocycles. The van der Waals surface area contributed by atoms with Gasteiger partial charge in [-0.3, -0.25) is 0 Å². The number of thiocarbonyl (C=S) groups is 2. The summed E-state index contributed by atoms with van der Waals surface area (Å²) < 4.78 is 3.15. The molecule has 1 aliphatic rings. The minimum Gasteiger partial charge on any atom is -0.374 e. The van der Waals surface area contributed by atoms with Crippen LogP contribution in [0.3, 0.4) is 0 Å². The lowest BCUT2D eigenvalue weighted by Crippen LogP contribution is -2.37. The van der Waals surface area contributed by atoms with Gasteiger partial charge in [0.05, 0.1) is 0 Å². The molecule has 15 heavy (non-hydrogen) atoms. The summed E-state index contributed by atoms with van der Waals surface area (Å²) in [7, 11) is 0. The number of hydrogen-bond acceptors (Lipinski definition) is 3. The summed E-state index contributed by atoms with van der Waals surface area (Å²) in [4.78, 5) is 1.34. The van der Waals surface area contributed by atoms with E-state index < -0.39 is 0 Å². The topological polar surface area (TPSA) is 24.1 Å². The first-order chi connectivity index (χ1) is 7.09. The van der Waals surface area contributed by atoms with Crippen molar-refractivity contribution in [2.75, 3.05) is 6.54 Å². The van der Waals surface area contributed by atoms with Gasteiger partial charge >= 0.3 is 0 Å². The van der Waals surface area contributed by atoms with Crippen LogP contribution in [-0.4, -0.2) is 21.8 Å². The quantitative estimate of drug-likeness (QED) is 0.599. The normalized spacial score (nSPS) is 15.9. The lowest BCUT2D eigenvalue weighted by atomic mass is 10.0. The Morgan fingerprint density at radius 3 is 2.47 bits per heavy atom. The van der Waals surface area contributed by atoms with Gasteiger partial charge in [-0.2, -0.15) is 0 Å². The van der Waals surface area contributed by atoms with Crippen molar-refractivity contribution in [3.8, 4) is 0 Å². The molecule has 0 unspecified atom stereocenters. The van der Waals surface area contributed by atoms with Gasteiger partial charge in [0.1, 0.15) is 9.98 Å². The molecule has 0 heterocycles. The summed E-state index contributed by atoms with van der Waals surface area (Å²) >= 11 is 12.1. The SMILES string of the molecule is CC(C)CNC(=S)C(=S)NSC1CCC1. The van der Waals surface area contributed by atoms with Crippen molar-refractivity contribution < 1.29 is 0 Å². The van der Waals surface area contributed by atoms with Crippen LogP contribution in [0, 0.1) is 5.92 Å². The highest BCUT2D eigenvalue weighted by molar-refractivity contribution is 8.00. The zero-order valence-corrected chi connectivity index (χ0v) is 11.7. The maximum atomic E-state index is 5.18. The van der Waals surface area contributed by atoms with E-state index in [0.29, 0.717) is 15.9 Å². The molecule has 0 bridgehead atoms. The van der Waals surface area contributed by atoms with Crippen LogP contribution in [0.5, 0.6) is 0 Å². The molecule has 0 saturated heterocycles. The van der Waals surface area contributed by atoms with E-state index in [1.54, 1.807) is 11.9 Å². The second kappa shape index (κ2) is 6.66. The third-order valence-electron chi connectivity index (χ3n) is 2.25. The molecule has 0 aromatic carbocycles. The van der Waals surface area contributed by atoms with E-state index in [-0.39, 0.29) is 0 Å². The Balaban J connectivity index is 2.11. The summed E-state index contributed by atoms with van der Waals surface area (Å²) in [5, 5.41) is 3.89. The Hall–Kier alpha value is 0.130. The molecule has 1 aliphatic carbocycles. The third-order valence-corrected chi connectivity index (χ3v) is 4.29. The number of hydrogen-bond donors (Lipinski definition) is 2. The van der Waals surface area contributed by atoms with Crippen LogP contribution >= 0.6 is 36.4 Å². The summed E-state index contributed by atoms with van der Waals surface area (Å²) in [6, 6.07) is 0. The van der Waals surface area contributed by atoms with Gasteiger partial charge in [-0.25, -0.2) is 0 Å². The van der Waals surface area contributed by atoms with Crippen LogP contribution < -0.4 is 10.0 Å². The van der Waals surface area contributed by atoms with Gasteiger partial charge in [-0.05, 0) is 30.7 Å². The lowest BCUT2D eigenvalue weighted by molar-refractivity contribution is 0.521. The van der Waals surface area contributed by atoms with Crippen LogP contribution in [-0.2, 0) is 0 Å². The van der Waals surface area contributed by atoms with E-state index in [4.69, 9.17) is 24.4 Å². The molecule has 5 heteroatoms. The molecule has 86 valence electrons. The summed E-state index contributed by atoms with van der Waals surface area (Å²) in [5.74, 6) is 0.588. The second-order valence-electron chi connectivity index (χ2n) is 4.21. The van der Waals surface area contributed by atoms with Gasteiger partial charge in [-0.1, -0.05) is 44.7 Å². The number of rotatable bonds is 4. The highest BCUT2D eigenvalue weighted by atomic mass is 32.2. The van der Waals surface area contributed by atoms with E-state index in [9.17, 15) is 0 Å². The fourth-order valence-electron chi connectivity index (χ4n) is 1.05. The summed E-state index contributed by atoms with van der Waals surface area (Å²) in [6.45, 7) is 5.18. The average Bonchev–Trinajstić information content (AvgIpc) is 2.11. The van der Waals surface area contributed by atoms with Crippen molar-refractivity contribution in [2.24, 2.45) is 5.92 Å². The molecule has 2 N–H and O–H groups in total. The third kappa shape index (κ3) is 5.13. The first kappa shape index (κ1) is 13.2. The fraction of sp³-hybridized carbons (Fsp3) is 0.800. The predicted octanol–water partition coefficient (Wildman–Crippen LogP) is 2.68. The largest absolute Gasteiger partial charge is 0.374 e. The predicted molar refractivity (Wildman–Crippen MR) is 76.4 cm³/mol.